The van der Waals surface area contributed by atoms with E-state index in [1.165, 1.54) is 31.0 Å². The number of ether oxygens (including phenoxy) is 2. The lowest BCUT2D eigenvalue weighted by molar-refractivity contribution is 0.187. The fraction of sp³-hybridized carbons (Fsp3) is 0.105. The molecule has 0 aromatic carbocycles. The maximum absolute atomic E-state index is 14.1. The molecule has 0 radical (unpaired) electrons. The summed E-state index contributed by atoms with van der Waals surface area (Å²) in [5.41, 5.74) is 1.54. The predicted molar refractivity (Wildman–Crippen MR) is 106 cm³/mol. The molecule has 2 N–H and O–H groups in total. The zero-order valence-electron chi connectivity index (χ0n) is 16.0. The van der Waals surface area contributed by atoms with Crippen molar-refractivity contribution in [1.82, 2.24) is 24.6 Å². The lowest BCUT2D eigenvalue weighted by Gasteiger charge is -2.10. The number of halogens is 1. The van der Waals surface area contributed by atoms with Crippen LogP contribution in [0.25, 0.3) is 17.0 Å². The van der Waals surface area contributed by atoms with Crippen molar-refractivity contribution >= 4 is 28.8 Å². The second-order valence-electron chi connectivity index (χ2n) is 6.00. The third-order valence-corrected chi connectivity index (χ3v) is 4.08. The number of hydrogen-bond acceptors (Lipinski definition) is 8. The molecule has 11 heteroatoms. The number of carbonyl (C=O) groups is 1. The standard InChI is InChI=1S/C19H16FN7O3/c1-29-16-5-3-4-14(23-16)17-25-18(24-13-6-7-21-9-12(13)20)15-8-11(10-27(15)26-17)22-19(28)30-2/h3-10H,1-2H3,(H,22,28)(H,21,24,25,26). The number of fused-ring (bicyclic) bond motifs is 1. The van der Waals surface area contributed by atoms with Crippen LogP contribution in [0.15, 0.2) is 48.9 Å². The van der Waals surface area contributed by atoms with Gasteiger partial charge in [-0.3, -0.25) is 10.3 Å². The molecule has 152 valence electrons. The van der Waals surface area contributed by atoms with E-state index in [9.17, 15) is 9.18 Å². The lowest BCUT2D eigenvalue weighted by atomic mass is 10.3. The summed E-state index contributed by atoms with van der Waals surface area (Å²) in [6, 6.07) is 8.28. The summed E-state index contributed by atoms with van der Waals surface area (Å²) in [4.78, 5) is 24.1. The van der Waals surface area contributed by atoms with E-state index >= 15 is 0 Å². The maximum Gasteiger partial charge on any atom is 0.411 e. The lowest BCUT2D eigenvalue weighted by Crippen LogP contribution is -2.10. The summed E-state index contributed by atoms with van der Waals surface area (Å²) in [5.74, 6) is 0.410. The van der Waals surface area contributed by atoms with E-state index in [0.29, 0.717) is 28.6 Å². The molecule has 4 aromatic rings. The molecular weight excluding hydrogens is 393 g/mol. The average molecular weight is 409 g/mol. The highest BCUT2D eigenvalue weighted by molar-refractivity contribution is 5.87. The fourth-order valence-corrected chi connectivity index (χ4v) is 2.69. The van der Waals surface area contributed by atoms with Gasteiger partial charge in [0.15, 0.2) is 11.6 Å². The molecule has 0 aliphatic heterocycles. The van der Waals surface area contributed by atoms with Gasteiger partial charge in [0.25, 0.3) is 0 Å². The molecular formula is C19H16FN7O3. The molecule has 4 aromatic heterocycles. The zero-order chi connectivity index (χ0) is 21.1. The van der Waals surface area contributed by atoms with Gasteiger partial charge in [0.2, 0.25) is 11.7 Å². The first-order valence-electron chi connectivity index (χ1n) is 8.70. The van der Waals surface area contributed by atoms with Gasteiger partial charge in [-0.25, -0.2) is 23.7 Å². The van der Waals surface area contributed by atoms with Gasteiger partial charge in [-0.15, -0.1) is 5.10 Å². The Morgan fingerprint density at radius 2 is 2.07 bits per heavy atom. The number of anilines is 3. The molecule has 0 aliphatic rings. The van der Waals surface area contributed by atoms with Crippen molar-refractivity contribution in [2.24, 2.45) is 0 Å². The van der Waals surface area contributed by atoms with Crippen molar-refractivity contribution in [2.75, 3.05) is 24.9 Å². The first kappa shape index (κ1) is 19.1. The fourth-order valence-electron chi connectivity index (χ4n) is 2.69. The number of pyridine rings is 2. The van der Waals surface area contributed by atoms with Crippen molar-refractivity contribution in [1.29, 1.82) is 0 Å². The average Bonchev–Trinajstić information content (AvgIpc) is 3.17. The zero-order valence-corrected chi connectivity index (χ0v) is 16.0. The number of carbonyl (C=O) groups excluding carboxylic acids is 1. The quantitative estimate of drug-likeness (QED) is 0.516. The predicted octanol–water partition coefficient (Wildman–Crippen LogP) is 3.26. The van der Waals surface area contributed by atoms with Gasteiger partial charge < -0.3 is 14.8 Å². The normalized spacial score (nSPS) is 10.6. The minimum absolute atomic E-state index is 0.179. The Morgan fingerprint density at radius 3 is 2.83 bits per heavy atom. The van der Waals surface area contributed by atoms with Gasteiger partial charge in [-0.05, 0) is 18.2 Å². The molecule has 0 aliphatic carbocycles. The van der Waals surface area contributed by atoms with Crippen LogP contribution in [0.1, 0.15) is 0 Å². The number of nitrogens with one attached hydrogen (secondary N) is 2. The van der Waals surface area contributed by atoms with E-state index in [-0.39, 0.29) is 11.5 Å². The summed E-state index contributed by atoms with van der Waals surface area (Å²) >= 11 is 0. The number of methoxy groups -OCH3 is 2. The van der Waals surface area contributed by atoms with Crippen LogP contribution in [0.5, 0.6) is 5.88 Å². The molecule has 0 saturated carbocycles. The van der Waals surface area contributed by atoms with Crippen LogP contribution in [-0.2, 0) is 4.74 Å². The molecule has 0 saturated heterocycles. The van der Waals surface area contributed by atoms with E-state index in [0.717, 1.165) is 6.20 Å². The van der Waals surface area contributed by atoms with Crippen LogP contribution in [0.2, 0.25) is 0 Å². The molecule has 4 heterocycles. The van der Waals surface area contributed by atoms with Gasteiger partial charge in [0.1, 0.15) is 11.2 Å². The third kappa shape index (κ3) is 3.81. The van der Waals surface area contributed by atoms with Gasteiger partial charge >= 0.3 is 6.09 Å². The monoisotopic (exact) mass is 409 g/mol. The SMILES string of the molecule is COC(=O)Nc1cc2c(Nc3ccncc3F)nc(-c3cccc(OC)n3)nn2c1. The summed E-state index contributed by atoms with van der Waals surface area (Å²) in [5, 5.41) is 9.96. The maximum atomic E-state index is 14.1. The molecule has 0 spiro atoms. The highest BCUT2D eigenvalue weighted by Gasteiger charge is 2.15. The van der Waals surface area contributed by atoms with Crippen LogP contribution in [-0.4, -0.2) is 44.9 Å². The van der Waals surface area contributed by atoms with Crippen LogP contribution in [0, 0.1) is 5.82 Å². The third-order valence-electron chi connectivity index (χ3n) is 4.08. The molecule has 0 atom stereocenters. The summed E-state index contributed by atoms with van der Waals surface area (Å²) in [6.45, 7) is 0. The molecule has 0 fully saturated rings. The Kier molecular flexibility index (Phi) is 5.08. The molecule has 1 amide bonds. The Morgan fingerprint density at radius 1 is 1.20 bits per heavy atom. The van der Waals surface area contributed by atoms with Crippen LogP contribution < -0.4 is 15.4 Å². The number of hydrogen-bond donors (Lipinski definition) is 2. The van der Waals surface area contributed by atoms with Gasteiger partial charge in [0, 0.05) is 12.3 Å². The topological polar surface area (TPSA) is 116 Å². The number of nitrogens with zero attached hydrogens (tertiary/aromatic N) is 5. The van der Waals surface area contributed by atoms with Crippen molar-refractivity contribution in [2.45, 2.75) is 0 Å². The summed E-state index contributed by atoms with van der Waals surface area (Å²) < 4.78 is 25.4. The molecule has 0 bridgehead atoms. The van der Waals surface area contributed by atoms with Gasteiger partial charge in [-0.2, -0.15) is 0 Å². The Bertz CT molecular complexity index is 1230. The Labute approximate surface area is 169 Å². The summed E-state index contributed by atoms with van der Waals surface area (Å²) in [6.07, 6.45) is 3.49. The number of aromatic nitrogens is 5. The molecule has 4 rings (SSSR count). The van der Waals surface area contributed by atoms with Gasteiger partial charge in [0.05, 0.1) is 38.0 Å². The number of amides is 1. The first-order valence-corrected chi connectivity index (χ1v) is 8.70. The van der Waals surface area contributed by atoms with Crippen molar-refractivity contribution < 1.29 is 18.7 Å². The first-order chi connectivity index (χ1) is 14.6. The van der Waals surface area contributed by atoms with E-state index < -0.39 is 11.9 Å². The molecule has 30 heavy (non-hydrogen) atoms. The number of rotatable bonds is 5. The van der Waals surface area contributed by atoms with Crippen LogP contribution in [0.3, 0.4) is 0 Å². The van der Waals surface area contributed by atoms with Gasteiger partial charge in [-0.1, -0.05) is 6.07 Å². The second-order valence-corrected chi connectivity index (χ2v) is 6.00. The Hall–Kier alpha value is -4.28. The van der Waals surface area contributed by atoms with E-state index in [4.69, 9.17) is 4.74 Å². The molecule has 0 unspecified atom stereocenters. The van der Waals surface area contributed by atoms with E-state index in [1.807, 2.05) is 0 Å². The van der Waals surface area contributed by atoms with Crippen LogP contribution in [0.4, 0.5) is 26.4 Å². The summed E-state index contributed by atoms with van der Waals surface area (Å²) in [7, 11) is 2.77. The van der Waals surface area contributed by atoms with Crippen molar-refractivity contribution in [3.63, 3.8) is 0 Å². The van der Waals surface area contributed by atoms with Crippen LogP contribution >= 0.6 is 0 Å². The second kappa shape index (κ2) is 7.99. The van der Waals surface area contributed by atoms with E-state index in [2.05, 4.69) is 35.4 Å². The smallest absolute Gasteiger partial charge is 0.411 e. The van der Waals surface area contributed by atoms with Crippen molar-refractivity contribution in [3.8, 4) is 17.4 Å². The Balaban J connectivity index is 1.84. The van der Waals surface area contributed by atoms with Crippen molar-refractivity contribution in [3.05, 3.63) is 54.7 Å². The largest absolute Gasteiger partial charge is 0.481 e. The highest BCUT2D eigenvalue weighted by Crippen LogP contribution is 2.27. The molecule has 10 nitrogen and oxygen atoms in total. The van der Waals surface area contributed by atoms with E-state index in [1.54, 1.807) is 30.5 Å². The minimum Gasteiger partial charge on any atom is -0.481 e. The highest BCUT2D eigenvalue weighted by atomic mass is 19.1. The minimum atomic E-state index is -0.636.